The van der Waals surface area contributed by atoms with Crippen molar-refractivity contribution in [3.8, 4) is 0 Å². The van der Waals surface area contributed by atoms with Crippen molar-refractivity contribution in [3.63, 3.8) is 0 Å². The van der Waals surface area contributed by atoms with E-state index in [1.807, 2.05) is 12.1 Å². The van der Waals surface area contributed by atoms with E-state index in [1.54, 1.807) is 24.5 Å². The highest BCUT2D eigenvalue weighted by Gasteiger charge is 2.27. The van der Waals surface area contributed by atoms with Crippen LogP contribution in [0.3, 0.4) is 0 Å². The number of hydrogen-bond acceptors (Lipinski definition) is 3. The summed E-state index contributed by atoms with van der Waals surface area (Å²) in [5, 5.41) is 0. The molecule has 3 nitrogen and oxygen atoms in total. The van der Waals surface area contributed by atoms with Gasteiger partial charge >= 0.3 is 0 Å². The van der Waals surface area contributed by atoms with Gasteiger partial charge in [0.25, 0.3) is 0 Å². The average Bonchev–Trinajstić information content (AvgIpc) is 2.88. The normalized spacial score (nSPS) is 19.7. The molecule has 1 unspecified atom stereocenters. The van der Waals surface area contributed by atoms with E-state index in [4.69, 9.17) is 0 Å². The molecule has 0 amide bonds. The smallest absolute Gasteiger partial charge is 0.145 e. The number of halogens is 1. The van der Waals surface area contributed by atoms with Crippen molar-refractivity contribution < 1.29 is 4.39 Å². The van der Waals surface area contributed by atoms with E-state index >= 15 is 0 Å². The molecule has 0 aliphatic carbocycles. The number of aromatic nitrogens is 2. The molecular formula is C15H16FN3. The minimum Gasteiger partial charge on any atom is -0.289 e. The fourth-order valence-electron chi connectivity index (χ4n) is 2.66. The lowest BCUT2D eigenvalue weighted by atomic mass is 10.1. The summed E-state index contributed by atoms with van der Waals surface area (Å²) in [6, 6.07) is 8.88. The maximum Gasteiger partial charge on any atom is 0.145 e. The monoisotopic (exact) mass is 257 g/mol. The molecule has 0 bridgehead atoms. The summed E-state index contributed by atoms with van der Waals surface area (Å²) in [6.07, 6.45) is 5.76. The molecule has 0 spiro atoms. The molecule has 1 aliphatic rings. The lowest BCUT2D eigenvalue weighted by Crippen LogP contribution is -2.24. The summed E-state index contributed by atoms with van der Waals surface area (Å²) in [4.78, 5) is 11.0. The van der Waals surface area contributed by atoms with Gasteiger partial charge in [0, 0.05) is 18.9 Å². The van der Waals surface area contributed by atoms with Gasteiger partial charge in [-0.05, 0) is 43.1 Å². The standard InChI is InChI=1S/C15H16FN3/c16-13-5-1-4-12(10-13)11-19-9-2-6-14(19)15-17-7-3-8-18-15/h1,3-5,7-8,10,14H,2,6,9,11H2. The third-order valence-electron chi connectivity index (χ3n) is 3.52. The summed E-state index contributed by atoms with van der Waals surface area (Å²) < 4.78 is 13.2. The van der Waals surface area contributed by atoms with E-state index in [-0.39, 0.29) is 11.9 Å². The highest BCUT2D eigenvalue weighted by Crippen LogP contribution is 2.30. The molecule has 1 saturated heterocycles. The first-order valence-corrected chi connectivity index (χ1v) is 6.58. The molecule has 1 aromatic heterocycles. The van der Waals surface area contributed by atoms with Crippen LogP contribution in [0, 0.1) is 5.82 Å². The van der Waals surface area contributed by atoms with Crippen molar-refractivity contribution in [2.45, 2.75) is 25.4 Å². The van der Waals surface area contributed by atoms with Gasteiger partial charge in [-0.2, -0.15) is 0 Å². The highest BCUT2D eigenvalue weighted by molar-refractivity contribution is 5.17. The Balaban J connectivity index is 1.77. The summed E-state index contributed by atoms with van der Waals surface area (Å²) in [7, 11) is 0. The Hall–Kier alpha value is -1.81. The Kier molecular flexibility index (Phi) is 3.51. The van der Waals surface area contributed by atoms with E-state index in [0.717, 1.165) is 37.3 Å². The van der Waals surface area contributed by atoms with Gasteiger partial charge in [0.15, 0.2) is 0 Å². The molecule has 1 fully saturated rings. The van der Waals surface area contributed by atoms with Gasteiger partial charge in [0.1, 0.15) is 11.6 Å². The predicted octanol–water partition coefficient (Wildman–Crippen LogP) is 2.95. The molecule has 3 rings (SSSR count). The largest absolute Gasteiger partial charge is 0.289 e. The predicted molar refractivity (Wildman–Crippen MR) is 70.8 cm³/mol. The van der Waals surface area contributed by atoms with Gasteiger partial charge in [-0.3, -0.25) is 4.90 Å². The second-order valence-corrected chi connectivity index (χ2v) is 4.87. The molecule has 1 aliphatic heterocycles. The molecule has 98 valence electrons. The van der Waals surface area contributed by atoms with Gasteiger partial charge in [-0.15, -0.1) is 0 Å². The zero-order valence-electron chi connectivity index (χ0n) is 10.7. The first-order chi connectivity index (χ1) is 9.33. The van der Waals surface area contributed by atoms with Crippen LogP contribution in [-0.4, -0.2) is 21.4 Å². The first-order valence-electron chi connectivity index (χ1n) is 6.58. The number of benzene rings is 1. The summed E-state index contributed by atoms with van der Waals surface area (Å²) >= 11 is 0. The van der Waals surface area contributed by atoms with Gasteiger partial charge in [0.2, 0.25) is 0 Å². The van der Waals surface area contributed by atoms with Gasteiger partial charge in [-0.25, -0.2) is 14.4 Å². The van der Waals surface area contributed by atoms with Crippen molar-refractivity contribution in [1.29, 1.82) is 0 Å². The van der Waals surface area contributed by atoms with Gasteiger partial charge < -0.3 is 0 Å². The van der Waals surface area contributed by atoms with Crippen LogP contribution in [0.1, 0.15) is 30.3 Å². The Bertz CT molecular complexity index is 544. The van der Waals surface area contributed by atoms with Crippen LogP contribution in [0.2, 0.25) is 0 Å². The van der Waals surface area contributed by atoms with Crippen LogP contribution in [0.25, 0.3) is 0 Å². The van der Waals surface area contributed by atoms with Crippen molar-refractivity contribution >= 4 is 0 Å². The van der Waals surface area contributed by atoms with Crippen LogP contribution in [0.4, 0.5) is 4.39 Å². The Labute approximate surface area is 112 Å². The quantitative estimate of drug-likeness (QED) is 0.846. The maximum absolute atomic E-state index is 13.2. The fourth-order valence-corrected chi connectivity index (χ4v) is 2.66. The zero-order valence-corrected chi connectivity index (χ0v) is 10.7. The lowest BCUT2D eigenvalue weighted by molar-refractivity contribution is 0.239. The second-order valence-electron chi connectivity index (χ2n) is 4.87. The Morgan fingerprint density at radius 3 is 2.84 bits per heavy atom. The van der Waals surface area contributed by atoms with E-state index in [9.17, 15) is 4.39 Å². The minimum atomic E-state index is -0.177. The third-order valence-corrected chi connectivity index (χ3v) is 3.52. The van der Waals surface area contributed by atoms with Crippen LogP contribution in [0.15, 0.2) is 42.7 Å². The fraction of sp³-hybridized carbons (Fsp3) is 0.333. The van der Waals surface area contributed by atoms with E-state index in [1.165, 1.54) is 6.07 Å². The molecular weight excluding hydrogens is 241 g/mol. The van der Waals surface area contributed by atoms with Crippen molar-refractivity contribution in [1.82, 2.24) is 14.9 Å². The van der Waals surface area contributed by atoms with Crippen molar-refractivity contribution in [3.05, 3.63) is 59.9 Å². The van der Waals surface area contributed by atoms with Crippen molar-refractivity contribution in [2.75, 3.05) is 6.54 Å². The molecule has 0 saturated carbocycles. The third kappa shape index (κ3) is 2.79. The molecule has 0 N–H and O–H groups in total. The molecule has 1 aromatic carbocycles. The lowest BCUT2D eigenvalue weighted by Gasteiger charge is -2.23. The SMILES string of the molecule is Fc1cccc(CN2CCCC2c2ncccn2)c1. The summed E-state index contributed by atoms with van der Waals surface area (Å²) in [5.41, 5.74) is 1.00. The Morgan fingerprint density at radius 2 is 2.05 bits per heavy atom. The number of likely N-dealkylation sites (tertiary alicyclic amines) is 1. The minimum absolute atomic E-state index is 0.177. The number of nitrogens with zero attached hydrogens (tertiary/aromatic N) is 3. The maximum atomic E-state index is 13.2. The van der Waals surface area contributed by atoms with Gasteiger partial charge in [0.05, 0.1) is 6.04 Å². The number of hydrogen-bond donors (Lipinski definition) is 0. The second kappa shape index (κ2) is 5.45. The average molecular weight is 257 g/mol. The van der Waals surface area contributed by atoms with Crippen LogP contribution >= 0.6 is 0 Å². The highest BCUT2D eigenvalue weighted by atomic mass is 19.1. The Morgan fingerprint density at radius 1 is 1.21 bits per heavy atom. The molecule has 2 heterocycles. The molecule has 4 heteroatoms. The van der Waals surface area contributed by atoms with E-state index in [0.29, 0.717) is 0 Å². The number of rotatable bonds is 3. The summed E-state index contributed by atoms with van der Waals surface area (Å²) in [6.45, 7) is 1.76. The first kappa shape index (κ1) is 12.2. The topological polar surface area (TPSA) is 29.0 Å². The van der Waals surface area contributed by atoms with E-state index < -0.39 is 0 Å². The zero-order chi connectivity index (χ0) is 13.1. The van der Waals surface area contributed by atoms with Crippen molar-refractivity contribution in [2.24, 2.45) is 0 Å². The molecule has 2 aromatic rings. The molecule has 0 radical (unpaired) electrons. The van der Waals surface area contributed by atoms with E-state index in [2.05, 4.69) is 14.9 Å². The molecule has 1 atom stereocenters. The van der Waals surface area contributed by atoms with Gasteiger partial charge in [-0.1, -0.05) is 12.1 Å². The molecule has 19 heavy (non-hydrogen) atoms. The van der Waals surface area contributed by atoms with Crippen LogP contribution in [0.5, 0.6) is 0 Å². The van der Waals surface area contributed by atoms with Crippen LogP contribution in [-0.2, 0) is 6.54 Å². The summed E-state index contributed by atoms with van der Waals surface area (Å²) in [5.74, 6) is 0.695. The van der Waals surface area contributed by atoms with Crippen LogP contribution < -0.4 is 0 Å².